The van der Waals surface area contributed by atoms with Gasteiger partial charge in [-0.15, -0.1) is 0 Å². The summed E-state index contributed by atoms with van der Waals surface area (Å²) < 4.78 is 32.1. The van der Waals surface area contributed by atoms with Crippen LogP contribution < -0.4 is 14.4 Å². The average Bonchev–Trinajstić information content (AvgIpc) is 2.82. The molecule has 1 atom stereocenters. The van der Waals surface area contributed by atoms with E-state index in [-0.39, 0.29) is 16.8 Å². The van der Waals surface area contributed by atoms with E-state index >= 15 is 0 Å². The quantitative estimate of drug-likeness (QED) is 0.566. The highest BCUT2D eigenvalue weighted by Gasteiger charge is 2.22. The fourth-order valence-corrected chi connectivity index (χ4v) is 4.41. The normalized spacial score (nSPS) is 12.1. The first kappa shape index (κ1) is 22.4. The topological polar surface area (TPSA) is 75.7 Å². The van der Waals surface area contributed by atoms with Crippen LogP contribution >= 0.6 is 0 Å². The van der Waals surface area contributed by atoms with Gasteiger partial charge in [0.25, 0.3) is 15.9 Å². The number of nitrogens with zero attached hydrogens (tertiary/aromatic N) is 1. The highest BCUT2D eigenvalue weighted by atomic mass is 32.2. The molecule has 0 fully saturated rings. The Morgan fingerprint density at radius 2 is 1.58 bits per heavy atom. The van der Waals surface area contributed by atoms with Gasteiger partial charge in [0.05, 0.1) is 23.7 Å². The number of hydrogen-bond donors (Lipinski definition) is 1. The van der Waals surface area contributed by atoms with Crippen molar-refractivity contribution in [2.75, 3.05) is 18.5 Å². The SMILES string of the molecule is CCC(NC(=O)c1ccc(N(C)S(=O)(=O)c2ccc(OC)cc2)cc1)c1ccccc1. The van der Waals surface area contributed by atoms with E-state index in [0.29, 0.717) is 17.0 Å². The second kappa shape index (κ2) is 9.66. The number of nitrogens with one attached hydrogen (secondary N) is 1. The van der Waals surface area contributed by atoms with E-state index in [1.165, 1.54) is 30.6 Å². The van der Waals surface area contributed by atoms with E-state index in [1.54, 1.807) is 36.4 Å². The van der Waals surface area contributed by atoms with Gasteiger partial charge in [-0.05, 0) is 60.5 Å². The molecule has 0 aliphatic rings. The van der Waals surface area contributed by atoms with Gasteiger partial charge in [-0.2, -0.15) is 0 Å². The Morgan fingerprint density at radius 1 is 0.968 bits per heavy atom. The number of carbonyl (C=O) groups is 1. The molecular formula is C24H26N2O4S. The number of benzene rings is 3. The van der Waals surface area contributed by atoms with E-state index < -0.39 is 10.0 Å². The predicted molar refractivity (Wildman–Crippen MR) is 122 cm³/mol. The number of amides is 1. The molecule has 7 heteroatoms. The van der Waals surface area contributed by atoms with Crippen LogP contribution in [-0.4, -0.2) is 28.5 Å². The van der Waals surface area contributed by atoms with Gasteiger partial charge in [-0.1, -0.05) is 37.3 Å². The van der Waals surface area contributed by atoms with Crippen LogP contribution in [0.5, 0.6) is 5.75 Å². The second-order valence-corrected chi connectivity index (χ2v) is 9.01. The first-order chi connectivity index (χ1) is 14.9. The van der Waals surface area contributed by atoms with Gasteiger partial charge in [0.1, 0.15) is 5.75 Å². The number of hydrogen-bond acceptors (Lipinski definition) is 4. The molecule has 1 N–H and O–H groups in total. The minimum atomic E-state index is -3.73. The summed E-state index contributed by atoms with van der Waals surface area (Å²) in [5, 5.41) is 3.03. The van der Waals surface area contributed by atoms with Gasteiger partial charge in [0.15, 0.2) is 0 Å². The minimum absolute atomic E-state index is 0.0912. The molecule has 0 spiro atoms. The zero-order chi connectivity index (χ0) is 22.4. The van der Waals surface area contributed by atoms with Crippen molar-refractivity contribution in [3.8, 4) is 5.75 Å². The van der Waals surface area contributed by atoms with Crippen molar-refractivity contribution in [3.63, 3.8) is 0 Å². The number of rotatable bonds is 8. The van der Waals surface area contributed by atoms with Crippen molar-refractivity contribution in [1.82, 2.24) is 5.32 Å². The van der Waals surface area contributed by atoms with Crippen molar-refractivity contribution < 1.29 is 17.9 Å². The monoisotopic (exact) mass is 438 g/mol. The van der Waals surface area contributed by atoms with Crippen LogP contribution in [0.1, 0.15) is 35.3 Å². The molecule has 0 saturated carbocycles. The van der Waals surface area contributed by atoms with Crippen LogP contribution in [0.4, 0.5) is 5.69 Å². The maximum atomic E-state index is 12.9. The molecule has 0 aromatic heterocycles. The molecule has 31 heavy (non-hydrogen) atoms. The van der Waals surface area contributed by atoms with Gasteiger partial charge < -0.3 is 10.1 Å². The lowest BCUT2D eigenvalue weighted by atomic mass is 10.0. The van der Waals surface area contributed by atoms with Crippen molar-refractivity contribution in [2.45, 2.75) is 24.3 Å². The van der Waals surface area contributed by atoms with E-state index in [4.69, 9.17) is 4.74 Å². The van der Waals surface area contributed by atoms with Crippen molar-refractivity contribution >= 4 is 21.6 Å². The fraction of sp³-hybridized carbons (Fsp3) is 0.208. The highest BCUT2D eigenvalue weighted by molar-refractivity contribution is 7.92. The van der Waals surface area contributed by atoms with E-state index in [2.05, 4.69) is 5.32 Å². The zero-order valence-electron chi connectivity index (χ0n) is 17.8. The van der Waals surface area contributed by atoms with Crippen LogP contribution in [0, 0.1) is 0 Å². The van der Waals surface area contributed by atoms with Gasteiger partial charge in [0.2, 0.25) is 0 Å². The number of sulfonamides is 1. The molecule has 0 heterocycles. The summed E-state index contributed by atoms with van der Waals surface area (Å²) >= 11 is 0. The van der Waals surface area contributed by atoms with E-state index in [1.807, 2.05) is 37.3 Å². The van der Waals surface area contributed by atoms with Gasteiger partial charge in [0, 0.05) is 12.6 Å². The summed E-state index contributed by atoms with van der Waals surface area (Å²) in [6.45, 7) is 2.01. The molecule has 0 radical (unpaired) electrons. The number of carbonyl (C=O) groups excluding carboxylic acids is 1. The molecule has 0 bridgehead atoms. The molecule has 1 amide bonds. The van der Waals surface area contributed by atoms with Crippen LogP contribution in [0.15, 0.2) is 83.8 Å². The molecule has 3 rings (SSSR count). The van der Waals surface area contributed by atoms with Crippen molar-refractivity contribution in [2.24, 2.45) is 0 Å². The molecule has 6 nitrogen and oxygen atoms in total. The standard InChI is InChI=1S/C24H26N2O4S/c1-4-23(18-8-6-5-7-9-18)25-24(27)19-10-12-20(13-11-19)26(2)31(28,29)22-16-14-21(30-3)15-17-22/h5-17,23H,4H2,1-3H3,(H,25,27). The molecular weight excluding hydrogens is 412 g/mol. The second-order valence-electron chi connectivity index (χ2n) is 7.04. The third kappa shape index (κ3) is 5.06. The first-order valence-corrected chi connectivity index (χ1v) is 11.4. The third-order valence-electron chi connectivity index (χ3n) is 5.13. The highest BCUT2D eigenvalue weighted by Crippen LogP contribution is 2.24. The van der Waals surface area contributed by atoms with Gasteiger partial charge in [-0.3, -0.25) is 9.10 Å². The largest absolute Gasteiger partial charge is 0.497 e. The Morgan fingerprint density at radius 3 is 2.13 bits per heavy atom. The number of ether oxygens (including phenoxy) is 1. The predicted octanol–water partition coefficient (Wildman–Crippen LogP) is 4.40. The van der Waals surface area contributed by atoms with Crippen LogP contribution in [0.3, 0.4) is 0 Å². The molecule has 162 valence electrons. The summed E-state index contributed by atoms with van der Waals surface area (Å²) in [6.07, 6.45) is 0.761. The maximum Gasteiger partial charge on any atom is 0.264 e. The molecule has 0 saturated heterocycles. The molecule has 3 aromatic carbocycles. The van der Waals surface area contributed by atoms with Crippen LogP contribution in [0.2, 0.25) is 0 Å². The lowest BCUT2D eigenvalue weighted by molar-refractivity contribution is 0.0935. The van der Waals surface area contributed by atoms with Crippen LogP contribution in [0.25, 0.3) is 0 Å². The molecule has 0 aliphatic carbocycles. The van der Waals surface area contributed by atoms with E-state index in [9.17, 15) is 13.2 Å². The first-order valence-electron chi connectivity index (χ1n) is 9.95. The minimum Gasteiger partial charge on any atom is -0.497 e. The lowest BCUT2D eigenvalue weighted by Gasteiger charge is -2.20. The summed E-state index contributed by atoms with van der Waals surface area (Å²) in [6, 6.07) is 22.4. The smallest absolute Gasteiger partial charge is 0.264 e. The summed E-state index contributed by atoms with van der Waals surface area (Å²) in [5.74, 6) is 0.376. The fourth-order valence-electron chi connectivity index (χ4n) is 3.22. The summed E-state index contributed by atoms with van der Waals surface area (Å²) in [5.41, 5.74) is 1.97. The van der Waals surface area contributed by atoms with Crippen molar-refractivity contribution in [3.05, 3.63) is 90.0 Å². The Hall–Kier alpha value is -3.32. The Bertz CT molecular complexity index is 1110. The summed E-state index contributed by atoms with van der Waals surface area (Å²) in [7, 11) is -0.725. The van der Waals surface area contributed by atoms with Gasteiger partial charge >= 0.3 is 0 Å². The van der Waals surface area contributed by atoms with E-state index in [0.717, 1.165) is 12.0 Å². The molecule has 3 aromatic rings. The number of anilines is 1. The average molecular weight is 439 g/mol. The van der Waals surface area contributed by atoms with Crippen molar-refractivity contribution in [1.29, 1.82) is 0 Å². The molecule has 0 aliphatic heterocycles. The Balaban J connectivity index is 1.74. The Kier molecular flexibility index (Phi) is 6.97. The number of methoxy groups -OCH3 is 1. The van der Waals surface area contributed by atoms with Gasteiger partial charge in [-0.25, -0.2) is 8.42 Å². The van der Waals surface area contributed by atoms with Crippen LogP contribution in [-0.2, 0) is 10.0 Å². The molecule has 1 unspecified atom stereocenters. The third-order valence-corrected chi connectivity index (χ3v) is 6.93. The zero-order valence-corrected chi connectivity index (χ0v) is 18.6. The maximum absolute atomic E-state index is 12.9. The summed E-state index contributed by atoms with van der Waals surface area (Å²) in [4.78, 5) is 12.9. The lowest BCUT2D eigenvalue weighted by Crippen LogP contribution is -2.28. The Labute approximate surface area is 183 Å².